The molecular formula is C17H27ClN2OS. The van der Waals surface area contributed by atoms with Gasteiger partial charge in [0.05, 0.1) is 0 Å². The molecule has 3 nitrogen and oxygen atoms in total. The number of hydrogen-bond donors (Lipinski definition) is 1. The Hall–Kier alpha value is -0.710. The number of aryl methyl sites for hydroxylation is 2. The van der Waals surface area contributed by atoms with E-state index in [1.165, 1.54) is 16.0 Å². The second kappa shape index (κ2) is 8.80. The van der Waals surface area contributed by atoms with Crippen molar-refractivity contribution in [2.24, 2.45) is 11.7 Å². The monoisotopic (exact) mass is 342 g/mol. The van der Waals surface area contributed by atoms with Crippen LogP contribution in [0.2, 0.25) is 0 Å². The van der Waals surface area contributed by atoms with E-state index >= 15 is 0 Å². The van der Waals surface area contributed by atoms with E-state index in [1.54, 1.807) is 11.8 Å². The average molecular weight is 343 g/mol. The molecule has 2 unspecified atom stereocenters. The Morgan fingerprint density at radius 1 is 1.36 bits per heavy atom. The molecule has 2 atom stereocenters. The zero-order chi connectivity index (χ0) is 15.4. The predicted octanol–water partition coefficient (Wildman–Crippen LogP) is 3.40. The van der Waals surface area contributed by atoms with E-state index in [0.717, 1.165) is 18.7 Å². The molecule has 0 bridgehead atoms. The summed E-state index contributed by atoms with van der Waals surface area (Å²) in [5, 5.41) is 0. The Balaban J connectivity index is 0.00000242. The molecule has 0 aliphatic carbocycles. The van der Waals surface area contributed by atoms with Crippen LogP contribution in [0.15, 0.2) is 23.1 Å². The van der Waals surface area contributed by atoms with Crippen LogP contribution < -0.4 is 5.73 Å². The number of thioether (sulfide) groups is 1. The minimum atomic E-state index is 0. The van der Waals surface area contributed by atoms with E-state index in [-0.39, 0.29) is 18.3 Å². The maximum atomic E-state index is 12.3. The standard InChI is InChI=1S/C17H26N2OS.ClH/c1-12-4-5-16(8-13(12)2)21-7-6-17(20)19-11-15(10-18)9-14(19)3;/h4-5,8,14-15H,6-7,9-11,18H2,1-3H3;1H. The molecule has 0 spiro atoms. The fourth-order valence-corrected chi connectivity index (χ4v) is 3.80. The number of carbonyl (C=O) groups is 1. The molecule has 22 heavy (non-hydrogen) atoms. The summed E-state index contributed by atoms with van der Waals surface area (Å²) >= 11 is 1.77. The third-order valence-electron chi connectivity index (χ3n) is 4.38. The van der Waals surface area contributed by atoms with Gasteiger partial charge in [-0.1, -0.05) is 6.07 Å². The van der Waals surface area contributed by atoms with Crippen LogP contribution >= 0.6 is 24.2 Å². The Morgan fingerprint density at radius 2 is 2.09 bits per heavy atom. The Kier molecular flexibility index (Phi) is 7.74. The summed E-state index contributed by atoms with van der Waals surface area (Å²) in [6, 6.07) is 6.83. The van der Waals surface area contributed by atoms with Gasteiger partial charge >= 0.3 is 0 Å². The molecule has 5 heteroatoms. The van der Waals surface area contributed by atoms with Crippen LogP contribution in [0, 0.1) is 19.8 Å². The minimum Gasteiger partial charge on any atom is -0.340 e. The molecule has 2 rings (SSSR count). The van der Waals surface area contributed by atoms with Crippen LogP contribution in [-0.4, -0.2) is 35.7 Å². The van der Waals surface area contributed by atoms with Crippen LogP contribution in [0.3, 0.4) is 0 Å². The van der Waals surface area contributed by atoms with E-state index in [2.05, 4.69) is 39.0 Å². The summed E-state index contributed by atoms with van der Waals surface area (Å²) < 4.78 is 0. The fraction of sp³-hybridized carbons (Fsp3) is 0.588. The lowest BCUT2D eigenvalue weighted by molar-refractivity contribution is -0.131. The third-order valence-corrected chi connectivity index (χ3v) is 5.37. The quantitative estimate of drug-likeness (QED) is 0.834. The molecule has 1 fully saturated rings. The first kappa shape index (κ1) is 19.3. The number of benzene rings is 1. The van der Waals surface area contributed by atoms with E-state index in [0.29, 0.717) is 24.9 Å². The van der Waals surface area contributed by atoms with Gasteiger partial charge in [-0.15, -0.1) is 24.2 Å². The van der Waals surface area contributed by atoms with Crippen LogP contribution in [-0.2, 0) is 4.79 Å². The molecule has 1 amide bonds. The van der Waals surface area contributed by atoms with Gasteiger partial charge in [-0.25, -0.2) is 0 Å². The highest BCUT2D eigenvalue weighted by Gasteiger charge is 2.30. The molecule has 0 radical (unpaired) electrons. The van der Waals surface area contributed by atoms with Gasteiger partial charge in [0.15, 0.2) is 0 Å². The number of carbonyl (C=O) groups excluding carboxylic acids is 1. The van der Waals surface area contributed by atoms with Gasteiger partial charge in [-0.3, -0.25) is 4.79 Å². The largest absolute Gasteiger partial charge is 0.340 e. The highest BCUT2D eigenvalue weighted by Crippen LogP contribution is 2.25. The predicted molar refractivity (Wildman–Crippen MR) is 96.8 cm³/mol. The summed E-state index contributed by atoms with van der Waals surface area (Å²) in [5.41, 5.74) is 8.34. The highest BCUT2D eigenvalue weighted by molar-refractivity contribution is 7.99. The second-order valence-corrected chi connectivity index (χ2v) is 7.25. The van der Waals surface area contributed by atoms with Gasteiger partial charge in [-0.05, 0) is 62.9 Å². The van der Waals surface area contributed by atoms with Crippen LogP contribution in [0.25, 0.3) is 0 Å². The summed E-state index contributed by atoms with van der Waals surface area (Å²) in [6.45, 7) is 7.90. The lowest BCUT2D eigenvalue weighted by Crippen LogP contribution is -2.34. The Morgan fingerprint density at radius 3 is 2.68 bits per heavy atom. The zero-order valence-electron chi connectivity index (χ0n) is 13.7. The van der Waals surface area contributed by atoms with Gasteiger partial charge < -0.3 is 10.6 Å². The molecule has 1 saturated heterocycles. The number of nitrogens with zero attached hydrogens (tertiary/aromatic N) is 1. The number of likely N-dealkylation sites (tertiary alicyclic amines) is 1. The fourth-order valence-electron chi connectivity index (χ4n) is 2.86. The smallest absolute Gasteiger partial charge is 0.223 e. The SMILES string of the molecule is Cc1ccc(SCCC(=O)N2CC(CN)CC2C)cc1C.Cl. The molecule has 1 heterocycles. The molecule has 1 aliphatic heterocycles. The molecule has 1 aromatic rings. The van der Waals surface area contributed by atoms with Crippen molar-refractivity contribution in [3.05, 3.63) is 29.3 Å². The van der Waals surface area contributed by atoms with Crippen molar-refractivity contribution >= 4 is 30.1 Å². The summed E-state index contributed by atoms with van der Waals surface area (Å²) in [5.74, 6) is 1.60. The minimum absolute atomic E-state index is 0. The first-order valence-corrected chi connectivity index (χ1v) is 8.69. The summed E-state index contributed by atoms with van der Waals surface area (Å²) in [7, 11) is 0. The lowest BCUT2D eigenvalue weighted by atomic mass is 10.1. The molecular weight excluding hydrogens is 316 g/mol. The average Bonchev–Trinajstić information content (AvgIpc) is 2.84. The van der Waals surface area contributed by atoms with Gasteiger partial charge in [-0.2, -0.15) is 0 Å². The van der Waals surface area contributed by atoms with Crippen LogP contribution in [0.4, 0.5) is 0 Å². The van der Waals surface area contributed by atoms with Crippen molar-refractivity contribution in [3.63, 3.8) is 0 Å². The van der Waals surface area contributed by atoms with E-state index < -0.39 is 0 Å². The first-order valence-electron chi connectivity index (χ1n) is 7.71. The van der Waals surface area contributed by atoms with Gasteiger partial charge in [0, 0.05) is 29.7 Å². The third kappa shape index (κ3) is 4.90. The number of hydrogen-bond acceptors (Lipinski definition) is 3. The number of halogens is 1. The maximum Gasteiger partial charge on any atom is 0.223 e. The van der Waals surface area contributed by atoms with Crippen molar-refractivity contribution in [1.29, 1.82) is 0 Å². The number of rotatable bonds is 5. The topological polar surface area (TPSA) is 46.3 Å². The van der Waals surface area contributed by atoms with E-state index in [1.807, 2.05) is 4.90 Å². The van der Waals surface area contributed by atoms with Gasteiger partial charge in [0.1, 0.15) is 0 Å². The van der Waals surface area contributed by atoms with Crippen molar-refractivity contribution in [2.75, 3.05) is 18.8 Å². The highest BCUT2D eigenvalue weighted by atomic mass is 35.5. The molecule has 2 N–H and O–H groups in total. The van der Waals surface area contributed by atoms with E-state index in [9.17, 15) is 4.79 Å². The maximum absolute atomic E-state index is 12.3. The van der Waals surface area contributed by atoms with Crippen LogP contribution in [0.5, 0.6) is 0 Å². The van der Waals surface area contributed by atoms with Crippen molar-refractivity contribution < 1.29 is 4.79 Å². The Labute approximate surface area is 144 Å². The molecule has 124 valence electrons. The summed E-state index contributed by atoms with van der Waals surface area (Å²) in [4.78, 5) is 15.6. The molecule has 1 aliphatic rings. The van der Waals surface area contributed by atoms with Gasteiger partial charge in [0.2, 0.25) is 5.91 Å². The Bertz CT molecular complexity index is 509. The molecule has 0 saturated carbocycles. The number of nitrogens with two attached hydrogens (primary N) is 1. The van der Waals surface area contributed by atoms with Crippen LogP contribution in [0.1, 0.15) is 30.9 Å². The van der Waals surface area contributed by atoms with Crippen molar-refractivity contribution in [2.45, 2.75) is 44.6 Å². The number of amides is 1. The molecule has 0 aromatic heterocycles. The first-order chi connectivity index (χ1) is 10.0. The normalized spacial score (nSPS) is 20.8. The summed E-state index contributed by atoms with van der Waals surface area (Å²) in [6.07, 6.45) is 1.66. The zero-order valence-corrected chi connectivity index (χ0v) is 15.3. The van der Waals surface area contributed by atoms with Crippen molar-refractivity contribution in [3.8, 4) is 0 Å². The van der Waals surface area contributed by atoms with Crippen molar-refractivity contribution in [1.82, 2.24) is 4.90 Å². The second-order valence-electron chi connectivity index (χ2n) is 6.08. The van der Waals surface area contributed by atoms with Gasteiger partial charge in [0.25, 0.3) is 0 Å². The molecule has 1 aromatic carbocycles. The lowest BCUT2D eigenvalue weighted by Gasteiger charge is -2.21. The van der Waals surface area contributed by atoms with E-state index in [4.69, 9.17) is 5.73 Å².